The van der Waals surface area contributed by atoms with E-state index < -0.39 is 0 Å². The highest BCUT2D eigenvalue weighted by Crippen LogP contribution is 2.15. The van der Waals surface area contributed by atoms with Crippen LogP contribution in [0.1, 0.15) is 25.8 Å². The van der Waals surface area contributed by atoms with E-state index in [2.05, 4.69) is 18.9 Å². The number of aryl methyl sites for hydroxylation is 2. The normalized spacial score (nSPS) is 10.2. The first-order valence-electron chi connectivity index (χ1n) is 4.43. The van der Waals surface area contributed by atoms with Crippen LogP contribution in [0.4, 0.5) is 0 Å². The van der Waals surface area contributed by atoms with E-state index >= 15 is 0 Å². The second kappa shape index (κ2) is 4.14. The zero-order valence-corrected chi connectivity index (χ0v) is 8.00. The zero-order chi connectivity index (χ0) is 8.97. The van der Waals surface area contributed by atoms with E-state index in [0.717, 1.165) is 25.3 Å². The molecule has 1 heterocycles. The Morgan fingerprint density at radius 1 is 1.50 bits per heavy atom. The maximum absolute atomic E-state index is 5.47. The van der Waals surface area contributed by atoms with E-state index in [9.17, 15) is 0 Å². The van der Waals surface area contributed by atoms with Gasteiger partial charge in [0.25, 0.3) is 0 Å². The molecule has 0 spiro atoms. The molecule has 0 aliphatic rings. The van der Waals surface area contributed by atoms with Crippen molar-refractivity contribution in [2.24, 2.45) is 7.05 Å². The number of hydrogen-bond donors (Lipinski definition) is 0. The van der Waals surface area contributed by atoms with E-state index in [1.807, 2.05) is 13.2 Å². The average Bonchev–Trinajstić information content (AvgIpc) is 2.42. The molecule has 12 heavy (non-hydrogen) atoms. The summed E-state index contributed by atoms with van der Waals surface area (Å²) >= 11 is 0. The molecule has 0 bridgehead atoms. The van der Waals surface area contributed by atoms with E-state index in [-0.39, 0.29) is 0 Å². The van der Waals surface area contributed by atoms with E-state index in [1.165, 1.54) is 5.56 Å². The highest BCUT2D eigenvalue weighted by Gasteiger charge is 2.05. The van der Waals surface area contributed by atoms with Crippen molar-refractivity contribution >= 4 is 0 Å². The van der Waals surface area contributed by atoms with Crippen LogP contribution in [-0.4, -0.2) is 16.4 Å². The van der Waals surface area contributed by atoms with Gasteiger partial charge in [-0.15, -0.1) is 5.10 Å². The van der Waals surface area contributed by atoms with Crippen LogP contribution in [0.3, 0.4) is 0 Å². The van der Waals surface area contributed by atoms with Gasteiger partial charge in [-0.05, 0) is 12.8 Å². The van der Waals surface area contributed by atoms with Crippen molar-refractivity contribution in [1.82, 2.24) is 9.78 Å². The van der Waals surface area contributed by atoms with Crippen molar-refractivity contribution in [2.45, 2.75) is 26.7 Å². The van der Waals surface area contributed by atoms with Gasteiger partial charge >= 0.3 is 0 Å². The Morgan fingerprint density at radius 2 is 2.25 bits per heavy atom. The first kappa shape index (κ1) is 9.10. The van der Waals surface area contributed by atoms with Gasteiger partial charge in [0.15, 0.2) is 0 Å². The summed E-state index contributed by atoms with van der Waals surface area (Å²) in [4.78, 5) is 0. The molecule has 0 aromatic carbocycles. The van der Waals surface area contributed by atoms with Crippen molar-refractivity contribution < 1.29 is 4.74 Å². The Morgan fingerprint density at radius 3 is 2.83 bits per heavy atom. The van der Waals surface area contributed by atoms with Crippen molar-refractivity contribution in [2.75, 3.05) is 6.61 Å². The van der Waals surface area contributed by atoms with Crippen molar-refractivity contribution in [3.05, 3.63) is 11.8 Å². The van der Waals surface area contributed by atoms with E-state index in [4.69, 9.17) is 4.74 Å². The monoisotopic (exact) mass is 168 g/mol. The molecule has 0 aliphatic heterocycles. The zero-order valence-electron chi connectivity index (χ0n) is 8.00. The van der Waals surface area contributed by atoms with Crippen LogP contribution in [0.15, 0.2) is 6.20 Å². The highest BCUT2D eigenvalue weighted by atomic mass is 16.5. The molecular weight excluding hydrogens is 152 g/mol. The van der Waals surface area contributed by atoms with Gasteiger partial charge in [-0.3, -0.25) is 4.68 Å². The second-order valence-corrected chi connectivity index (χ2v) is 2.84. The maximum Gasteiger partial charge on any atom is 0.235 e. The molecule has 0 unspecified atom stereocenters. The molecule has 0 saturated heterocycles. The minimum absolute atomic E-state index is 0.754. The Kier molecular flexibility index (Phi) is 3.14. The van der Waals surface area contributed by atoms with Crippen LogP contribution in [-0.2, 0) is 13.5 Å². The predicted octanol–water partition coefficient (Wildman–Crippen LogP) is 1.77. The first-order valence-corrected chi connectivity index (χ1v) is 4.43. The van der Waals surface area contributed by atoms with Crippen molar-refractivity contribution in [3.63, 3.8) is 0 Å². The third-order valence-electron chi connectivity index (χ3n) is 1.69. The molecule has 0 atom stereocenters. The summed E-state index contributed by atoms with van der Waals surface area (Å²) in [6, 6.07) is 0. The smallest absolute Gasteiger partial charge is 0.235 e. The number of rotatable bonds is 4. The molecular formula is C9H16N2O. The summed E-state index contributed by atoms with van der Waals surface area (Å²) < 4.78 is 7.26. The molecule has 1 aromatic rings. The molecule has 0 radical (unpaired) electrons. The fourth-order valence-electron chi connectivity index (χ4n) is 1.08. The standard InChI is InChI=1S/C9H16N2O/c1-4-6-12-9-8(5-2)7-11(3)10-9/h7H,4-6H2,1-3H3. The molecule has 0 amide bonds. The molecule has 0 saturated carbocycles. The molecule has 0 N–H and O–H groups in total. The SMILES string of the molecule is CCCOc1nn(C)cc1CC. The Hall–Kier alpha value is -0.990. The Balaban J connectivity index is 2.68. The average molecular weight is 168 g/mol. The largest absolute Gasteiger partial charge is 0.476 e. The summed E-state index contributed by atoms with van der Waals surface area (Å²) in [5, 5.41) is 4.21. The molecule has 68 valence electrons. The fraction of sp³-hybridized carbons (Fsp3) is 0.667. The summed E-state index contributed by atoms with van der Waals surface area (Å²) in [5.41, 5.74) is 1.19. The second-order valence-electron chi connectivity index (χ2n) is 2.84. The van der Waals surface area contributed by atoms with Crippen molar-refractivity contribution in [1.29, 1.82) is 0 Å². The quantitative estimate of drug-likeness (QED) is 0.685. The number of ether oxygens (including phenoxy) is 1. The van der Waals surface area contributed by atoms with Gasteiger partial charge in [0.2, 0.25) is 5.88 Å². The van der Waals surface area contributed by atoms with E-state index in [0.29, 0.717) is 0 Å². The minimum atomic E-state index is 0.754. The van der Waals surface area contributed by atoms with Gasteiger partial charge in [-0.25, -0.2) is 0 Å². The lowest BCUT2D eigenvalue weighted by molar-refractivity contribution is 0.299. The lowest BCUT2D eigenvalue weighted by Crippen LogP contribution is -1.98. The summed E-state index contributed by atoms with van der Waals surface area (Å²) in [6.07, 6.45) is 4.01. The van der Waals surface area contributed by atoms with Crippen LogP contribution < -0.4 is 4.74 Å². The molecule has 3 nitrogen and oxygen atoms in total. The lowest BCUT2D eigenvalue weighted by Gasteiger charge is -2.00. The molecule has 1 rings (SSSR count). The van der Waals surface area contributed by atoms with Gasteiger partial charge in [0, 0.05) is 18.8 Å². The molecule has 1 aromatic heterocycles. The lowest BCUT2D eigenvalue weighted by atomic mass is 10.3. The molecule has 3 heteroatoms. The van der Waals surface area contributed by atoms with Crippen molar-refractivity contribution in [3.8, 4) is 5.88 Å². The maximum atomic E-state index is 5.47. The third kappa shape index (κ3) is 2.00. The number of nitrogens with zero attached hydrogens (tertiary/aromatic N) is 2. The number of aromatic nitrogens is 2. The third-order valence-corrected chi connectivity index (χ3v) is 1.69. The van der Waals surface area contributed by atoms with Gasteiger partial charge < -0.3 is 4.74 Å². The minimum Gasteiger partial charge on any atom is -0.476 e. The molecule has 0 fully saturated rings. The van der Waals surface area contributed by atoms with Crippen LogP contribution in [0.2, 0.25) is 0 Å². The highest BCUT2D eigenvalue weighted by molar-refractivity contribution is 5.22. The van der Waals surface area contributed by atoms with Gasteiger partial charge in [-0.2, -0.15) is 0 Å². The van der Waals surface area contributed by atoms with Gasteiger partial charge in [-0.1, -0.05) is 13.8 Å². The van der Waals surface area contributed by atoms with Crippen LogP contribution in [0.5, 0.6) is 5.88 Å². The number of hydrogen-bond acceptors (Lipinski definition) is 2. The molecule has 0 aliphatic carbocycles. The van der Waals surface area contributed by atoms with Crippen LogP contribution >= 0.6 is 0 Å². The van der Waals surface area contributed by atoms with Crippen LogP contribution in [0.25, 0.3) is 0 Å². The van der Waals surface area contributed by atoms with Gasteiger partial charge in [0.05, 0.1) is 6.61 Å². The predicted molar refractivity (Wildman–Crippen MR) is 48.4 cm³/mol. The first-order chi connectivity index (χ1) is 5.77. The van der Waals surface area contributed by atoms with E-state index in [1.54, 1.807) is 4.68 Å². The summed E-state index contributed by atoms with van der Waals surface area (Å²) in [5.74, 6) is 0.793. The van der Waals surface area contributed by atoms with Gasteiger partial charge in [0.1, 0.15) is 0 Å². The van der Waals surface area contributed by atoms with Crippen LogP contribution in [0, 0.1) is 0 Å². The Bertz CT molecular complexity index is 243. The summed E-state index contributed by atoms with van der Waals surface area (Å²) in [6.45, 7) is 4.95. The topological polar surface area (TPSA) is 27.1 Å². The summed E-state index contributed by atoms with van der Waals surface area (Å²) in [7, 11) is 1.91. The Labute approximate surface area is 73.3 Å². The fourth-order valence-corrected chi connectivity index (χ4v) is 1.08.